The van der Waals surface area contributed by atoms with Crippen molar-refractivity contribution in [2.75, 3.05) is 54.4 Å². The highest BCUT2D eigenvalue weighted by atomic mass is 32.3. The Kier molecular flexibility index (Phi) is 46.3. The number of quaternary nitrogens is 2. The summed E-state index contributed by atoms with van der Waals surface area (Å²) in [7, 11) is 4.58. The summed E-state index contributed by atoms with van der Waals surface area (Å²) >= 11 is 0. The number of unbranched alkanes of at least 4 members (excludes halogenated alkanes) is 30. The molecule has 0 aliphatic carbocycles. The van der Waals surface area contributed by atoms with E-state index in [1.54, 1.807) is 0 Å². The Labute approximate surface area is 336 Å². The monoisotopic (exact) mass is 777 g/mol. The van der Waals surface area contributed by atoms with Crippen molar-refractivity contribution in [1.29, 1.82) is 0 Å². The molecule has 0 rings (SSSR count). The molecule has 324 valence electrons. The van der Waals surface area contributed by atoms with Crippen molar-refractivity contribution in [3.05, 3.63) is 0 Å². The van der Waals surface area contributed by atoms with E-state index in [1.165, 1.54) is 253 Å². The highest BCUT2D eigenvalue weighted by Gasteiger charge is 2.14. The van der Waals surface area contributed by atoms with Gasteiger partial charge in [-0.25, -0.2) is 0 Å². The van der Waals surface area contributed by atoms with Gasteiger partial charge in [-0.1, -0.05) is 195 Å². The fraction of sp³-hybridized carbons (Fsp3) is 1.00. The molecule has 0 bridgehead atoms. The number of hydrogen-bond donors (Lipinski definition) is 0. The normalized spacial score (nSPS) is 12.0. The molecule has 0 atom stereocenters. The van der Waals surface area contributed by atoms with Gasteiger partial charge in [-0.2, -0.15) is 0 Å². The van der Waals surface area contributed by atoms with Crippen LogP contribution in [-0.2, 0) is 10.4 Å². The Balaban J connectivity index is -0.000000835. The van der Waals surface area contributed by atoms with E-state index in [4.69, 9.17) is 17.5 Å². The van der Waals surface area contributed by atoms with Crippen molar-refractivity contribution in [2.24, 2.45) is 0 Å². The van der Waals surface area contributed by atoms with Crippen LogP contribution in [0.1, 0.15) is 246 Å². The van der Waals surface area contributed by atoms with Crippen LogP contribution >= 0.6 is 0 Å². The summed E-state index contributed by atoms with van der Waals surface area (Å²) in [4.78, 5) is 0. The van der Waals surface area contributed by atoms with Gasteiger partial charge in [-0.15, -0.1) is 0 Å². The topological polar surface area (TPSA) is 80.3 Å². The van der Waals surface area contributed by atoms with Crippen LogP contribution in [0.15, 0.2) is 0 Å². The lowest BCUT2D eigenvalue weighted by molar-refractivity contribution is -0.890. The van der Waals surface area contributed by atoms with Crippen LogP contribution in [-0.4, -0.2) is 80.9 Å². The molecule has 7 heteroatoms. The summed E-state index contributed by atoms with van der Waals surface area (Å²) < 4.78 is 36.6. The fourth-order valence-electron chi connectivity index (χ4n) is 7.27. The second kappa shape index (κ2) is 42.9. The summed E-state index contributed by atoms with van der Waals surface area (Å²) in [5.41, 5.74) is 0. The molecule has 0 unspecified atom stereocenters. The third-order valence-corrected chi connectivity index (χ3v) is 11.0. The van der Waals surface area contributed by atoms with E-state index in [9.17, 15) is 0 Å². The van der Waals surface area contributed by atoms with Gasteiger partial charge in [-0.3, -0.25) is 8.42 Å². The average Bonchev–Trinajstić information content (AvgIpc) is 3.08. The van der Waals surface area contributed by atoms with E-state index in [-0.39, 0.29) is 0 Å². The molecule has 0 aliphatic rings. The van der Waals surface area contributed by atoms with Crippen LogP contribution in [0.4, 0.5) is 0 Å². The highest BCUT2D eigenvalue weighted by molar-refractivity contribution is 7.79. The van der Waals surface area contributed by atoms with Gasteiger partial charge >= 0.3 is 0 Å². The quantitative estimate of drug-likeness (QED) is 0.0271. The molecular formula is C46H100N2O4S. The van der Waals surface area contributed by atoms with Crippen LogP contribution in [0.5, 0.6) is 0 Å². The Morgan fingerprint density at radius 2 is 0.396 bits per heavy atom. The van der Waals surface area contributed by atoms with Crippen LogP contribution in [0.3, 0.4) is 0 Å². The van der Waals surface area contributed by atoms with Crippen molar-refractivity contribution in [2.45, 2.75) is 246 Å². The summed E-state index contributed by atoms with van der Waals surface area (Å²) in [6.07, 6.45) is 49.0. The lowest BCUT2D eigenvalue weighted by atomic mass is 10.1. The fourth-order valence-corrected chi connectivity index (χ4v) is 7.27. The Hall–Kier alpha value is -0.210. The highest BCUT2D eigenvalue weighted by Crippen LogP contribution is 2.15. The van der Waals surface area contributed by atoms with Gasteiger partial charge in [-0.05, 0) is 51.4 Å². The van der Waals surface area contributed by atoms with Crippen LogP contribution in [0.25, 0.3) is 0 Å². The first-order chi connectivity index (χ1) is 25.2. The van der Waals surface area contributed by atoms with E-state index in [0.717, 1.165) is 0 Å². The molecule has 0 N–H and O–H groups in total. The van der Waals surface area contributed by atoms with Gasteiger partial charge < -0.3 is 18.1 Å². The second-order valence-corrected chi connectivity index (χ2v) is 18.6. The second-order valence-electron chi connectivity index (χ2n) is 17.8. The van der Waals surface area contributed by atoms with Crippen molar-refractivity contribution >= 4 is 10.4 Å². The van der Waals surface area contributed by atoms with Crippen LogP contribution in [0, 0.1) is 0 Å². The number of hydrogen-bond acceptors (Lipinski definition) is 4. The van der Waals surface area contributed by atoms with Gasteiger partial charge in [0.2, 0.25) is 0 Å². The first-order valence-corrected chi connectivity index (χ1v) is 24.9. The first-order valence-electron chi connectivity index (χ1n) is 23.5. The summed E-state index contributed by atoms with van der Waals surface area (Å²) in [6.45, 7) is 14.7. The lowest BCUT2D eigenvalue weighted by Crippen LogP contribution is -2.41. The predicted octanol–water partition coefficient (Wildman–Crippen LogP) is 14.1. The third kappa shape index (κ3) is 61.2. The molecule has 0 radical (unpaired) electrons. The largest absolute Gasteiger partial charge is 0.759 e. The maximum atomic E-state index is 8.52. The minimum absolute atomic E-state index is 1.24. The maximum Gasteiger partial charge on any atom is 0.0782 e. The summed E-state index contributed by atoms with van der Waals surface area (Å²) in [6, 6.07) is 0. The van der Waals surface area contributed by atoms with Gasteiger partial charge in [0, 0.05) is 10.4 Å². The number of nitrogens with zero attached hydrogens (tertiary/aromatic N) is 2. The Morgan fingerprint density at radius 3 is 0.528 bits per heavy atom. The predicted molar refractivity (Wildman–Crippen MR) is 234 cm³/mol. The van der Waals surface area contributed by atoms with Gasteiger partial charge in [0.1, 0.15) is 0 Å². The standard InChI is InChI=1S/2C23H50N.H2O4S/c2*1-5-7-9-11-13-15-17-19-21-23-24(3,4)22-20-18-16-14-12-10-8-6-2;1-5(2,3)4/h2*5-23H2,1-4H3;(H2,1,2,3,4)/q2*+1;/p-2. The Bertz CT molecular complexity index is 730. The molecule has 0 saturated heterocycles. The molecule has 0 aliphatic heterocycles. The zero-order valence-corrected chi connectivity index (χ0v) is 38.6. The van der Waals surface area contributed by atoms with Crippen LogP contribution in [0.2, 0.25) is 0 Å². The smallest absolute Gasteiger partial charge is 0.0782 e. The van der Waals surface area contributed by atoms with Gasteiger partial charge in [0.25, 0.3) is 0 Å². The molecule has 0 saturated carbocycles. The lowest BCUT2D eigenvalue weighted by Gasteiger charge is -2.30. The van der Waals surface area contributed by atoms with E-state index < -0.39 is 10.4 Å². The maximum absolute atomic E-state index is 8.52. The molecule has 0 aromatic carbocycles. The molecule has 0 aromatic rings. The summed E-state index contributed by atoms with van der Waals surface area (Å²) in [5, 5.41) is 0. The molecule has 0 heterocycles. The molecule has 6 nitrogen and oxygen atoms in total. The third-order valence-electron chi connectivity index (χ3n) is 11.0. The van der Waals surface area contributed by atoms with E-state index in [0.29, 0.717) is 0 Å². The molecule has 0 fully saturated rings. The van der Waals surface area contributed by atoms with E-state index in [1.807, 2.05) is 0 Å². The van der Waals surface area contributed by atoms with Gasteiger partial charge in [0.15, 0.2) is 0 Å². The molecule has 0 spiro atoms. The minimum atomic E-state index is -5.17. The Morgan fingerprint density at radius 1 is 0.283 bits per heavy atom. The van der Waals surface area contributed by atoms with Crippen molar-refractivity contribution in [3.63, 3.8) is 0 Å². The first kappa shape index (κ1) is 57.1. The average molecular weight is 777 g/mol. The van der Waals surface area contributed by atoms with Gasteiger partial charge in [0.05, 0.1) is 54.4 Å². The molecule has 0 aromatic heterocycles. The SMILES string of the molecule is CCCCCCCCCCC[N+](C)(C)CCCCCCCCCC.CCCCCCCCCCC[N+](C)(C)CCCCCCCCCC.O=S(=O)([O-])[O-]. The zero-order valence-electron chi connectivity index (χ0n) is 37.8. The minimum Gasteiger partial charge on any atom is -0.759 e. The zero-order chi connectivity index (χ0) is 40.4. The van der Waals surface area contributed by atoms with Crippen molar-refractivity contribution in [1.82, 2.24) is 0 Å². The van der Waals surface area contributed by atoms with E-state index in [2.05, 4.69) is 55.9 Å². The van der Waals surface area contributed by atoms with E-state index >= 15 is 0 Å². The number of rotatable bonds is 38. The van der Waals surface area contributed by atoms with Crippen molar-refractivity contribution in [3.8, 4) is 0 Å². The van der Waals surface area contributed by atoms with Crippen molar-refractivity contribution < 1.29 is 26.5 Å². The molecule has 53 heavy (non-hydrogen) atoms. The van der Waals surface area contributed by atoms with Crippen LogP contribution < -0.4 is 0 Å². The summed E-state index contributed by atoms with van der Waals surface area (Å²) in [5.74, 6) is 0. The molecular weight excluding hydrogens is 677 g/mol. The molecule has 0 amide bonds.